The van der Waals surface area contributed by atoms with Crippen molar-refractivity contribution in [1.82, 2.24) is 10.2 Å². The Bertz CT molecular complexity index is 248. The number of hydrogen-bond acceptors (Lipinski definition) is 2. The Morgan fingerprint density at radius 3 is 2.50 bits per heavy atom. The standard InChI is InChI=1S/C9H14N2.W/c1-8-10-6-5-7-11(8)9(2,3)4;/h5,7,10H,1H2,2-4H3;. The summed E-state index contributed by atoms with van der Waals surface area (Å²) in [4.78, 5) is 2.14. The maximum absolute atomic E-state index is 3.97. The van der Waals surface area contributed by atoms with Gasteiger partial charge >= 0.3 is 84.6 Å². The first-order chi connectivity index (χ1) is 5.41. The van der Waals surface area contributed by atoms with Crippen molar-refractivity contribution in [2.45, 2.75) is 26.3 Å². The van der Waals surface area contributed by atoms with Crippen LogP contribution in [0, 0.1) is 0 Å². The van der Waals surface area contributed by atoms with Gasteiger partial charge in [0.25, 0.3) is 0 Å². The molecule has 1 heterocycles. The van der Waals surface area contributed by atoms with E-state index < -0.39 is 0 Å². The van der Waals surface area contributed by atoms with Crippen LogP contribution in [0.25, 0.3) is 0 Å². The Morgan fingerprint density at radius 1 is 1.50 bits per heavy atom. The average Bonchev–Trinajstić information content (AvgIpc) is 1.83. The first kappa shape index (κ1) is 9.72. The predicted octanol–water partition coefficient (Wildman–Crippen LogP) is 1.35. The second kappa shape index (κ2) is 3.18. The van der Waals surface area contributed by atoms with Crippen molar-refractivity contribution in [3.63, 3.8) is 0 Å². The molecule has 0 saturated carbocycles. The molecule has 0 amide bonds. The third-order valence-electron chi connectivity index (χ3n) is 1.66. The van der Waals surface area contributed by atoms with Crippen LogP contribution in [0.3, 0.4) is 0 Å². The molecule has 0 bridgehead atoms. The van der Waals surface area contributed by atoms with Gasteiger partial charge in [-0.2, -0.15) is 0 Å². The molecule has 0 radical (unpaired) electrons. The molecule has 66 valence electrons. The summed E-state index contributed by atoms with van der Waals surface area (Å²) in [6, 6.07) is 0. The third-order valence-corrected chi connectivity index (χ3v) is 2.51. The Morgan fingerprint density at radius 2 is 2.08 bits per heavy atom. The van der Waals surface area contributed by atoms with Crippen molar-refractivity contribution in [3.05, 3.63) is 24.7 Å². The Kier molecular flexibility index (Phi) is 2.57. The van der Waals surface area contributed by atoms with Crippen LogP contribution in [0.5, 0.6) is 0 Å². The summed E-state index contributed by atoms with van der Waals surface area (Å²) < 4.78 is 1.22. The Labute approximate surface area is 84.7 Å². The molecule has 0 fully saturated rings. The van der Waals surface area contributed by atoms with Gasteiger partial charge in [-0.1, -0.05) is 0 Å². The molecule has 1 aliphatic rings. The summed E-state index contributed by atoms with van der Waals surface area (Å²) >= 11 is 1.44. The van der Waals surface area contributed by atoms with Gasteiger partial charge in [-0.3, -0.25) is 0 Å². The van der Waals surface area contributed by atoms with E-state index in [2.05, 4.69) is 49.8 Å². The van der Waals surface area contributed by atoms with Crippen molar-refractivity contribution in [3.8, 4) is 0 Å². The summed E-state index contributed by atoms with van der Waals surface area (Å²) in [5, 5.41) is 3.23. The molecular weight excluding hydrogens is 320 g/mol. The molecular formula is C9H14N2W. The Balaban J connectivity index is 2.87. The van der Waals surface area contributed by atoms with Gasteiger partial charge in [0.1, 0.15) is 0 Å². The first-order valence-electron chi connectivity index (χ1n) is 3.89. The van der Waals surface area contributed by atoms with Crippen molar-refractivity contribution < 1.29 is 19.4 Å². The van der Waals surface area contributed by atoms with E-state index in [1.807, 2.05) is 0 Å². The summed E-state index contributed by atoms with van der Waals surface area (Å²) in [6.45, 7) is 10.5. The van der Waals surface area contributed by atoms with Gasteiger partial charge in [0.2, 0.25) is 0 Å². The molecule has 1 rings (SSSR count). The predicted molar refractivity (Wildman–Crippen MR) is 48.0 cm³/mol. The molecule has 0 saturated heterocycles. The zero-order valence-electron chi connectivity index (χ0n) is 7.72. The number of rotatable bonds is 0. The van der Waals surface area contributed by atoms with Gasteiger partial charge in [0.05, 0.1) is 0 Å². The van der Waals surface area contributed by atoms with Gasteiger partial charge < -0.3 is 0 Å². The van der Waals surface area contributed by atoms with Crippen molar-refractivity contribution in [1.29, 1.82) is 0 Å². The zero-order chi connectivity index (χ0) is 9.35. The quantitative estimate of drug-likeness (QED) is 0.720. The fourth-order valence-electron chi connectivity index (χ4n) is 1.10. The van der Waals surface area contributed by atoms with E-state index in [4.69, 9.17) is 0 Å². The molecule has 0 aromatic rings. The van der Waals surface area contributed by atoms with Crippen molar-refractivity contribution >= 4 is 4.02 Å². The van der Waals surface area contributed by atoms with Gasteiger partial charge in [-0.25, -0.2) is 0 Å². The SMILES string of the molecule is C=C1N[C](=[W])C=CN1C(C)(C)C. The van der Waals surface area contributed by atoms with Crippen LogP contribution < -0.4 is 5.32 Å². The average molecular weight is 334 g/mol. The molecule has 1 aliphatic heterocycles. The van der Waals surface area contributed by atoms with Crippen LogP contribution in [0.2, 0.25) is 0 Å². The van der Waals surface area contributed by atoms with Crippen LogP contribution in [0.15, 0.2) is 24.7 Å². The van der Waals surface area contributed by atoms with E-state index in [0.717, 1.165) is 5.82 Å². The molecule has 0 unspecified atom stereocenters. The summed E-state index contributed by atoms with van der Waals surface area (Å²) in [7, 11) is 0. The zero-order valence-corrected chi connectivity index (χ0v) is 10.7. The van der Waals surface area contributed by atoms with Crippen LogP contribution in [-0.4, -0.2) is 14.5 Å². The molecule has 0 aliphatic carbocycles. The number of nitrogens with one attached hydrogen (secondary N) is 1. The van der Waals surface area contributed by atoms with E-state index in [-0.39, 0.29) is 5.54 Å². The molecule has 2 nitrogen and oxygen atoms in total. The van der Waals surface area contributed by atoms with Crippen LogP contribution in [0.1, 0.15) is 20.8 Å². The minimum atomic E-state index is 0.108. The molecule has 0 spiro atoms. The number of nitrogens with zero attached hydrogens (tertiary/aromatic N) is 1. The normalized spacial score (nSPS) is 18.1. The molecule has 0 aromatic heterocycles. The molecule has 1 N–H and O–H groups in total. The fraction of sp³-hybridized carbons (Fsp3) is 0.444. The maximum atomic E-state index is 3.97. The second-order valence-corrected chi connectivity index (χ2v) is 5.37. The van der Waals surface area contributed by atoms with Crippen molar-refractivity contribution in [2.24, 2.45) is 0 Å². The third kappa shape index (κ3) is 2.07. The van der Waals surface area contributed by atoms with E-state index >= 15 is 0 Å². The van der Waals surface area contributed by atoms with Crippen molar-refractivity contribution in [2.75, 3.05) is 0 Å². The minimum absolute atomic E-state index is 0.108. The van der Waals surface area contributed by atoms with E-state index in [0.29, 0.717) is 0 Å². The van der Waals surface area contributed by atoms with Crippen LogP contribution in [0.4, 0.5) is 0 Å². The molecule has 0 aromatic carbocycles. The fourth-order valence-corrected chi connectivity index (χ4v) is 1.75. The molecule has 12 heavy (non-hydrogen) atoms. The summed E-state index contributed by atoms with van der Waals surface area (Å²) in [5.74, 6) is 0.968. The van der Waals surface area contributed by atoms with Crippen LogP contribution in [-0.2, 0) is 19.4 Å². The van der Waals surface area contributed by atoms with Crippen LogP contribution >= 0.6 is 0 Å². The summed E-state index contributed by atoms with van der Waals surface area (Å²) in [6.07, 6.45) is 4.18. The van der Waals surface area contributed by atoms with Gasteiger partial charge in [0, 0.05) is 0 Å². The number of hydrogen-bond donors (Lipinski definition) is 1. The van der Waals surface area contributed by atoms with E-state index in [9.17, 15) is 0 Å². The van der Waals surface area contributed by atoms with Gasteiger partial charge in [-0.15, -0.1) is 0 Å². The first-order valence-corrected chi connectivity index (χ1v) is 5.35. The molecule has 0 atom stereocenters. The summed E-state index contributed by atoms with van der Waals surface area (Å²) in [5.41, 5.74) is 0.108. The van der Waals surface area contributed by atoms with E-state index in [1.165, 1.54) is 23.4 Å². The van der Waals surface area contributed by atoms with Gasteiger partial charge in [-0.05, 0) is 0 Å². The van der Waals surface area contributed by atoms with E-state index in [1.54, 1.807) is 0 Å². The monoisotopic (exact) mass is 334 g/mol. The molecule has 3 heteroatoms. The topological polar surface area (TPSA) is 15.3 Å². The second-order valence-electron chi connectivity index (χ2n) is 3.79. The Hall–Kier alpha value is -0.362. The van der Waals surface area contributed by atoms with Gasteiger partial charge in [0.15, 0.2) is 0 Å².